The third kappa shape index (κ3) is 3.51. The fraction of sp³-hybridized carbons (Fsp3) is 0.467. The average Bonchev–Trinajstić information content (AvgIpc) is 2.38. The van der Waals surface area contributed by atoms with E-state index in [2.05, 4.69) is 10.6 Å². The van der Waals surface area contributed by atoms with E-state index in [0.29, 0.717) is 6.54 Å². The van der Waals surface area contributed by atoms with Crippen molar-refractivity contribution in [1.29, 1.82) is 0 Å². The Kier molecular flexibility index (Phi) is 4.45. The first kappa shape index (κ1) is 15.3. The zero-order valence-corrected chi connectivity index (χ0v) is 12.0. The van der Waals surface area contributed by atoms with E-state index in [1.165, 1.54) is 12.1 Å². The highest BCUT2D eigenvalue weighted by atomic mass is 19.1. The maximum Gasteiger partial charge on any atom is 0.312 e. The zero-order valence-electron chi connectivity index (χ0n) is 12.0. The lowest BCUT2D eigenvalue weighted by molar-refractivity contribution is -0.123. The Hall–Kier alpha value is -2.11. The van der Waals surface area contributed by atoms with E-state index in [0.717, 1.165) is 24.8 Å². The van der Waals surface area contributed by atoms with Crippen LogP contribution in [0, 0.1) is 5.82 Å². The lowest BCUT2D eigenvalue weighted by Crippen LogP contribution is -2.51. The summed E-state index contributed by atoms with van der Waals surface area (Å²) in [7, 11) is 0. The van der Waals surface area contributed by atoms with Gasteiger partial charge in [-0.2, -0.15) is 0 Å². The molecule has 0 radical (unpaired) electrons. The summed E-state index contributed by atoms with van der Waals surface area (Å²) in [6.07, 6.45) is 3.00. The molecule has 4 N–H and O–H groups in total. The standard InChI is InChI=1S/C15H20FN3O2/c1-10(19-14(17)21)13(20)18-9-15(7-2-8-15)11-3-5-12(16)6-4-11/h3-6,10H,2,7-9H2,1H3,(H,18,20)(H3,17,19,21)/t10-/m0/s1. The molecular weight excluding hydrogens is 273 g/mol. The first-order chi connectivity index (χ1) is 9.93. The minimum Gasteiger partial charge on any atom is -0.353 e. The van der Waals surface area contributed by atoms with Gasteiger partial charge < -0.3 is 16.4 Å². The molecule has 1 aliphatic carbocycles. The predicted octanol–water partition coefficient (Wildman–Crippen LogP) is 1.42. The minimum absolute atomic E-state index is 0.129. The molecule has 1 aromatic carbocycles. The topological polar surface area (TPSA) is 84.2 Å². The molecule has 0 aliphatic heterocycles. The first-order valence-electron chi connectivity index (χ1n) is 7.03. The summed E-state index contributed by atoms with van der Waals surface area (Å²) in [6, 6.07) is 5.02. The number of urea groups is 1. The Morgan fingerprint density at radius 1 is 1.33 bits per heavy atom. The highest BCUT2D eigenvalue weighted by Crippen LogP contribution is 2.43. The summed E-state index contributed by atoms with van der Waals surface area (Å²) in [5, 5.41) is 5.18. The van der Waals surface area contributed by atoms with Gasteiger partial charge in [-0.1, -0.05) is 18.6 Å². The van der Waals surface area contributed by atoms with Crippen molar-refractivity contribution in [1.82, 2.24) is 10.6 Å². The first-order valence-corrected chi connectivity index (χ1v) is 7.03. The monoisotopic (exact) mass is 293 g/mol. The van der Waals surface area contributed by atoms with Gasteiger partial charge >= 0.3 is 6.03 Å². The quantitative estimate of drug-likeness (QED) is 0.767. The number of nitrogens with one attached hydrogen (secondary N) is 2. The van der Waals surface area contributed by atoms with Crippen LogP contribution in [0.15, 0.2) is 24.3 Å². The molecule has 1 aliphatic rings. The average molecular weight is 293 g/mol. The summed E-state index contributed by atoms with van der Waals surface area (Å²) in [5.41, 5.74) is 5.89. The Labute approximate surface area is 123 Å². The number of hydrogen-bond acceptors (Lipinski definition) is 2. The molecule has 0 heterocycles. The van der Waals surface area contributed by atoms with Crippen molar-refractivity contribution in [2.45, 2.75) is 37.6 Å². The van der Waals surface area contributed by atoms with Crippen LogP contribution in [-0.4, -0.2) is 24.5 Å². The normalized spacial score (nSPS) is 17.4. The van der Waals surface area contributed by atoms with Crippen molar-refractivity contribution in [2.75, 3.05) is 6.54 Å². The Balaban J connectivity index is 1.98. The molecule has 0 spiro atoms. The molecule has 0 saturated heterocycles. The maximum absolute atomic E-state index is 13.0. The SMILES string of the molecule is C[C@H](NC(N)=O)C(=O)NCC1(c2ccc(F)cc2)CCC1. The number of amides is 3. The van der Waals surface area contributed by atoms with Crippen LogP contribution in [0.2, 0.25) is 0 Å². The van der Waals surface area contributed by atoms with E-state index in [1.807, 2.05) is 0 Å². The van der Waals surface area contributed by atoms with Crippen molar-refractivity contribution in [3.05, 3.63) is 35.6 Å². The summed E-state index contributed by atoms with van der Waals surface area (Å²) in [6.45, 7) is 2.05. The minimum atomic E-state index is -0.727. The van der Waals surface area contributed by atoms with Crippen LogP contribution in [0.1, 0.15) is 31.7 Å². The molecule has 0 unspecified atom stereocenters. The van der Waals surface area contributed by atoms with Gasteiger partial charge in [0.2, 0.25) is 5.91 Å². The van der Waals surface area contributed by atoms with Gasteiger partial charge in [-0.3, -0.25) is 4.79 Å². The van der Waals surface area contributed by atoms with Crippen molar-refractivity contribution >= 4 is 11.9 Å². The van der Waals surface area contributed by atoms with Crippen LogP contribution in [0.25, 0.3) is 0 Å². The number of primary amides is 1. The van der Waals surface area contributed by atoms with E-state index in [1.54, 1.807) is 19.1 Å². The Bertz CT molecular complexity index is 526. The van der Waals surface area contributed by atoms with Crippen molar-refractivity contribution in [3.63, 3.8) is 0 Å². The summed E-state index contributed by atoms with van der Waals surface area (Å²) >= 11 is 0. The molecule has 1 aromatic rings. The molecule has 21 heavy (non-hydrogen) atoms. The third-order valence-corrected chi connectivity index (χ3v) is 4.12. The van der Waals surface area contributed by atoms with E-state index in [-0.39, 0.29) is 17.1 Å². The highest BCUT2D eigenvalue weighted by molar-refractivity contribution is 5.86. The summed E-state index contributed by atoms with van der Waals surface area (Å²) in [5.74, 6) is -0.543. The number of carbonyl (C=O) groups is 2. The molecule has 2 rings (SSSR count). The second kappa shape index (κ2) is 6.11. The lowest BCUT2D eigenvalue weighted by Gasteiger charge is -2.42. The lowest BCUT2D eigenvalue weighted by atomic mass is 9.64. The number of hydrogen-bond donors (Lipinski definition) is 3. The third-order valence-electron chi connectivity index (χ3n) is 4.12. The Morgan fingerprint density at radius 2 is 1.95 bits per heavy atom. The van der Waals surface area contributed by atoms with E-state index < -0.39 is 12.1 Å². The molecule has 1 fully saturated rings. The number of rotatable bonds is 5. The predicted molar refractivity (Wildman–Crippen MR) is 77.1 cm³/mol. The molecule has 6 heteroatoms. The molecule has 0 bridgehead atoms. The van der Waals surface area contributed by atoms with Crippen LogP contribution in [-0.2, 0) is 10.2 Å². The zero-order chi connectivity index (χ0) is 15.5. The molecular formula is C15H20FN3O2. The number of benzene rings is 1. The van der Waals surface area contributed by atoms with Crippen LogP contribution in [0.3, 0.4) is 0 Å². The van der Waals surface area contributed by atoms with Gasteiger partial charge in [0.25, 0.3) is 0 Å². The van der Waals surface area contributed by atoms with Crippen molar-refractivity contribution in [2.24, 2.45) is 5.73 Å². The maximum atomic E-state index is 13.0. The second-order valence-electron chi connectivity index (χ2n) is 5.59. The fourth-order valence-electron chi connectivity index (χ4n) is 2.66. The van der Waals surface area contributed by atoms with Crippen LogP contribution in [0.5, 0.6) is 0 Å². The molecule has 5 nitrogen and oxygen atoms in total. The van der Waals surface area contributed by atoms with Gasteiger partial charge in [-0.25, -0.2) is 9.18 Å². The second-order valence-corrected chi connectivity index (χ2v) is 5.59. The van der Waals surface area contributed by atoms with Crippen molar-refractivity contribution < 1.29 is 14.0 Å². The van der Waals surface area contributed by atoms with Crippen LogP contribution >= 0.6 is 0 Å². The van der Waals surface area contributed by atoms with E-state index in [9.17, 15) is 14.0 Å². The van der Waals surface area contributed by atoms with Gasteiger partial charge in [0.1, 0.15) is 11.9 Å². The molecule has 114 valence electrons. The van der Waals surface area contributed by atoms with E-state index >= 15 is 0 Å². The number of nitrogens with two attached hydrogens (primary N) is 1. The summed E-state index contributed by atoms with van der Waals surface area (Å²) < 4.78 is 13.0. The van der Waals surface area contributed by atoms with Gasteiger partial charge in [0.05, 0.1) is 0 Å². The molecule has 3 amide bonds. The largest absolute Gasteiger partial charge is 0.353 e. The van der Waals surface area contributed by atoms with E-state index in [4.69, 9.17) is 5.73 Å². The highest BCUT2D eigenvalue weighted by Gasteiger charge is 2.39. The molecule has 1 saturated carbocycles. The fourth-order valence-corrected chi connectivity index (χ4v) is 2.66. The number of halogens is 1. The molecule has 0 aromatic heterocycles. The Morgan fingerprint density at radius 3 is 2.43 bits per heavy atom. The van der Waals surface area contributed by atoms with Crippen LogP contribution < -0.4 is 16.4 Å². The number of carbonyl (C=O) groups excluding carboxylic acids is 2. The smallest absolute Gasteiger partial charge is 0.312 e. The van der Waals surface area contributed by atoms with Gasteiger partial charge in [-0.15, -0.1) is 0 Å². The van der Waals surface area contributed by atoms with Gasteiger partial charge in [0.15, 0.2) is 0 Å². The van der Waals surface area contributed by atoms with Gasteiger partial charge in [-0.05, 0) is 37.5 Å². The van der Waals surface area contributed by atoms with Crippen molar-refractivity contribution in [3.8, 4) is 0 Å². The van der Waals surface area contributed by atoms with Gasteiger partial charge in [0, 0.05) is 12.0 Å². The van der Waals surface area contributed by atoms with Crippen LogP contribution in [0.4, 0.5) is 9.18 Å². The summed E-state index contributed by atoms with van der Waals surface area (Å²) in [4.78, 5) is 22.6. The molecule has 1 atom stereocenters.